The molecule has 0 unspecified atom stereocenters. The Hall–Kier alpha value is -4.61. The molecule has 0 spiro atoms. The Morgan fingerprint density at radius 1 is 0.653 bits per heavy atom. The average Bonchev–Trinajstić information content (AvgIpc) is 4.05. The van der Waals surface area contributed by atoms with Gasteiger partial charge in [0.25, 0.3) is 0 Å². The van der Waals surface area contributed by atoms with E-state index in [4.69, 9.17) is 26.8 Å². The number of aryl methyl sites for hydroxylation is 2. The maximum Gasteiger partial charge on any atom is 0.389 e. The summed E-state index contributed by atoms with van der Waals surface area (Å²) in [5.41, 5.74) is 12.1. The van der Waals surface area contributed by atoms with E-state index in [9.17, 15) is 18.0 Å². The summed E-state index contributed by atoms with van der Waals surface area (Å²) < 4.78 is 48.3. The van der Waals surface area contributed by atoms with Crippen molar-refractivity contribution in [2.75, 3.05) is 32.2 Å². The predicted molar refractivity (Wildman–Crippen MR) is 310 cm³/mol. The van der Waals surface area contributed by atoms with Gasteiger partial charge in [-0.1, -0.05) is 189 Å². The summed E-state index contributed by atoms with van der Waals surface area (Å²) in [7, 11) is 3.41. The van der Waals surface area contributed by atoms with Gasteiger partial charge in [-0.25, -0.2) is 0 Å². The number of nitrogens with one attached hydrogen (secondary N) is 1. The first-order chi connectivity index (χ1) is 36.5. The van der Waals surface area contributed by atoms with Crippen molar-refractivity contribution in [3.05, 3.63) is 116 Å². The SMILES string of the molecule is COc1ccc(CCN(CCCCCCCCCC2CC2)c2cccc3c2Cc2ccccc2-3)cc1OC.O=C(O)CCCCCCCCCc1sc(=S)[nH]c1-c1ccc(CCCCCCCCCC(F)(F)F)cc1. The first kappa shape index (κ1) is 59.6. The standard InChI is InChI=1S/C35H45NO2.C29H42F3NO2S2/c1-37-34-21-20-28(25-35(34)38-2)22-24-36(23-11-7-5-3-4-6-8-13-27-18-19-27)33-17-12-16-31-30-15-10-9-14-29(30)26-32(31)33;30-29(31,32)22-14-10-6-2-3-7-11-15-23-18-20-24(21-19-23)27-25(37-28(36)33-27)16-12-8-4-1-5-9-13-17-26(34)35/h9-10,12,14-17,20-21,25,27H,3-8,11,13,18-19,22-24,26H2,1-2H3;18-21H,1-17,22H2,(H,33,36)(H,34,35). The number of anilines is 1. The van der Waals surface area contributed by atoms with Gasteiger partial charge < -0.3 is 24.5 Å². The number of carbonyl (C=O) groups is 1. The normalized spacial score (nSPS) is 12.8. The lowest BCUT2D eigenvalue weighted by atomic mass is 10.0. The lowest BCUT2D eigenvalue weighted by Crippen LogP contribution is -2.28. The van der Waals surface area contributed by atoms with Gasteiger partial charge in [0.1, 0.15) is 0 Å². The number of hydrogen-bond donors (Lipinski definition) is 2. The van der Waals surface area contributed by atoms with Crippen LogP contribution in [0.5, 0.6) is 11.5 Å². The largest absolute Gasteiger partial charge is 0.493 e. The second-order valence-corrected chi connectivity index (χ2v) is 23.0. The molecule has 0 amide bonds. The van der Waals surface area contributed by atoms with Crippen LogP contribution in [0.3, 0.4) is 0 Å². The predicted octanol–water partition coefficient (Wildman–Crippen LogP) is 19.3. The van der Waals surface area contributed by atoms with Crippen molar-refractivity contribution in [1.29, 1.82) is 0 Å². The first-order valence-electron chi connectivity index (χ1n) is 28.8. The van der Waals surface area contributed by atoms with Gasteiger partial charge >= 0.3 is 12.1 Å². The maximum atomic E-state index is 12.1. The zero-order chi connectivity index (χ0) is 53.1. The van der Waals surface area contributed by atoms with Crippen LogP contribution in [0.15, 0.2) is 84.9 Å². The molecule has 2 aliphatic carbocycles. The van der Waals surface area contributed by atoms with Gasteiger partial charge in [0.15, 0.2) is 15.5 Å². The van der Waals surface area contributed by atoms with Gasteiger partial charge in [-0.2, -0.15) is 13.2 Å². The Balaban J connectivity index is 0.000000244. The number of thiazole rings is 1. The van der Waals surface area contributed by atoms with E-state index in [0.29, 0.717) is 6.42 Å². The van der Waals surface area contributed by atoms with Crippen LogP contribution < -0.4 is 14.4 Å². The van der Waals surface area contributed by atoms with Crippen LogP contribution in [0.4, 0.5) is 18.9 Å². The molecule has 1 saturated carbocycles. The quantitative estimate of drug-likeness (QED) is 0.0302. The number of nitrogens with zero attached hydrogens (tertiary/aromatic N) is 1. The van der Waals surface area contributed by atoms with E-state index < -0.39 is 18.6 Å². The molecule has 2 N–H and O–H groups in total. The lowest BCUT2D eigenvalue weighted by Gasteiger charge is -2.28. The smallest absolute Gasteiger partial charge is 0.389 e. The molecule has 0 radical (unpaired) electrons. The molecule has 4 aromatic carbocycles. The highest BCUT2D eigenvalue weighted by Crippen LogP contribution is 2.42. The molecular formula is C64H87F3N2O4S2. The molecule has 410 valence electrons. The number of unbranched alkanes of at least 4 members (excludes halogenated alkanes) is 18. The first-order valence-corrected chi connectivity index (χ1v) is 30.0. The number of hydrogen-bond acceptors (Lipinski definition) is 6. The number of aromatic amines is 1. The lowest BCUT2D eigenvalue weighted by molar-refractivity contribution is -0.137. The third-order valence-electron chi connectivity index (χ3n) is 15.2. The number of aromatic nitrogens is 1. The Morgan fingerprint density at radius 2 is 1.25 bits per heavy atom. The fourth-order valence-electron chi connectivity index (χ4n) is 10.7. The second kappa shape index (κ2) is 32.9. The van der Waals surface area contributed by atoms with Crippen LogP contribution in [0.2, 0.25) is 0 Å². The summed E-state index contributed by atoms with van der Waals surface area (Å²) in [6.07, 6.45) is 27.5. The number of benzene rings is 4. The molecule has 0 atom stereocenters. The zero-order valence-corrected chi connectivity index (χ0v) is 47.0. The topological polar surface area (TPSA) is 74.8 Å². The van der Waals surface area contributed by atoms with Gasteiger partial charge in [-0.05, 0) is 127 Å². The number of methoxy groups -OCH3 is 2. The van der Waals surface area contributed by atoms with Gasteiger partial charge in [0.05, 0.1) is 19.9 Å². The van der Waals surface area contributed by atoms with Gasteiger partial charge in [-0.15, -0.1) is 11.3 Å². The molecule has 2 aliphatic rings. The third kappa shape index (κ3) is 21.7. The fraction of sp³-hybridized carbons (Fsp3) is 0.562. The van der Waals surface area contributed by atoms with Crippen LogP contribution in [0.25, 0.3) is 22.4 Å². The Morgan fingerprint density at radius 3 is 1.92 bits per heavy atom. The molecule has 0 aliphatic heterocycles. The van der Waals surface area contributed by atoms with Crippen molar-refractivity contribution in [3.63, 3.8) is 0 Å². The third-order valence-corrected chi connectivity index (χ3v) is 16.5. The highest BCUT2D eigenvalue weighted by molar-refractivity contribution is 7.73. The molecule has 1 aromatic heterocycles. The molecule has 0 saturated heterocycles. The number of rotatable bonds is 36. The minimum absolute atomic E-state index is 0.254. The zero-order valence-electron chi connectivity index (χ0n) is 45.4. The molecule has 1 fully saturated rings. The van der Waals surface area contributed by atoms with Crippen molar-refractivity contribution in [1.82, 2.24) is 4.98 Å². The summed E-state index contributed by atoms with van der Waals surface area (Å²) in [4.78, 5) is 17.9. The summed E-state index contributed by atoms with van der Waals surface area (Å²) in [5, 5.41) is 8.68. The molecule has 75 heavy (non-hydrogen) atoms. The number of alkyl halides is 3. The number of ether oxygens (including phenoxy) is 2. The number of carboxylic acids is 1. The molecule has 11 heteroatoms. The van der Waals surface area contributed by atoms with Gasteiger partial charge in [0, 0.05) is 42.9 Å². The van der Waals surface area contributed by atoms with E-state index in [1.54, 1.807) is 25.6 Å². The highest BCUT2D eigenvalue weighted by atomic mass is 32.1. The van der Waals surface area contributed by atoms with Gasteiger partial charge in [0.2, 0.25) is 0 Å². The highest BCUT2D eigenvalue weighted by Gasteiger charge is 2.26. The minimum atomic E-state index is -4.01. The van der Waals surface area contributed by atoms with Crippen LogP contribution in [-0.4, -0.2) is 49.5 Å². The summed E-state index contributed by atoms with van der Waals surface area (Å²) >= 11 is 7.09. The second-order valence-electron chi connectivity index (χ2n) is 21.2. The maximum absolute atomic E-state index is 12.1. The summed E-state index contributed by atoms with van der Waals surface area (Å²) in [5.74, 6) is 1.99. The fourth-order valence-corrected chi connectivity index (χ4v) is 12.0. The van der Waals surface area contributed by atoms with E-state index in [-0.39, 0.29) is 12.8 Å². The number of halogens is 3. The average molecular weight is 1070 g/mol. The van der Waals surface area contributed by atoms with E-state index in [1.807, 2.05) is 6.07 Å². The molecule has 7 rings (SSSR count). The Labute approximate surface area is 457 Å². The van der Waals surface area contributed by atoms with Crippen molar-refractivity contribution in [2.45, 2.75) is 199 Å². The van der Waals surface area contributed by atoms with Crippen molar-refractivity contribution < 1.29 is 32.5 Å². The number of carboxylic acid groups (broad SMARTS) is 1. The Bertz CT molecular complexity index is 2480. The molecule has 5 aromatic rings. The minimum Gasteiger partial charge on any atom is -0.493 e. The van der Waals surface area contributed by atoms with E-state index in [2.05, 4.69) is 88.7 Å². The monoisotopic (exact) mass is 1070 g/mol. The Kier molecular flexibility index (Phi) is 26.1. The van der Waals surface area contributed by atoms with Crippen LogP contribution in [-0.2, 0) is 30.5 Å². The molecule has 1 heterocycles. The van der Waals surface area contributed by atoms with Crippen molar-refractivity contribution >= 4 is 35.2 Å². The van der Waals surface area contributed by atoms with E-state index in [1.165, 1.54) is 133 Å². The van der Waals surface area contributed by atoms with Crippen molar-refractivity contribution in [2.24, 2.45) is 5.92 Å². The van der Waals surface area contributed by atoms with Gasteiger partial charge in [-0.3, -0.25) is 4.79 Å². The van der Waals surface area contributed by atoms with Crippen molar-refractivity contribution in [3.8, 4) is 33.9 Å². The summed E-state index contributed by atoms with van der Waals surface area (Å²) in [6, 6.07) is 30.9. The number of aliphatic carboxylic acids is 1. The van der Waals surface area contributed by atoms with E-state index in [0.717, 1.165) is 124 Å². The molecule has 6 nitrogen and oxygen atoms in total. The molecular weight excluding hydrogens is 982 g/mol. The van der Waals surface area contributed by atoms with E-state index >= 15 is 0 Å². The van der Waals surface area contributed by atoms with Crippen LogP contribution in [0, 0.1) is 9.87 Å². The molecule has 0 bridgehead atoms. The van der Waals surface area contributed by atoms with Crippen LogP contribution >= 0.6 is 23.6 Å². The van der Waals surface area contributed by atoms with Crippen LogP contribution in [0.1, 0.15) is 194 Å². The summed E-state index contributed by atoms with van der Waals surface area (Å²) in [6.45, 7) is 2.12. The number of fused-ring (bicyclic) bond motifs is 3. The number of H-pyrrole nitrogens is 1.